The van der Waals surface area contributed by atoms with E-state index in [0.29, 0.717) is 5.56 Å². The van der Waals surface area contributed by atoms with Crippen LogP contribution in [0.5, 0.6) is 0 Å². The number of nitrogens with two attached hydrogens (primary N) is 1. The van der Waals surface area contributed by atoms with Crippen molar-refractivity contribution in [2.24, 2.45) is 5.90 Å². The third kappa shape index (κ3) is 4.65. The molecule has 2 aromatic rings. The molecular weight excluding hydrogens is 314 g/mol. The highest BCUT2D eigenvalue weighted by atomic mass is 16.7. The predicted molar refractivity (Wildman–Crippen MR) is 83.1 cm³/mol. The molecule has 2 N–H and O–H groups in total. The van der Waals surface area contributed by atoms with Gasteiger partial charge in [0.05, 0.1) is 16.7 Å². The quantitative estimate of drug-likeness (QED) is 0.489. The lowest BCUT2D eigenvalue weighted by Gasteiger charge is -2.07. The van der Waals surface area contributed by atoms with Crippen molar-refractivity contribution >= 4 is 17.9 Å². The lowest BCUT2D eigenvalue weighted by atomic mass is 10.1. The zero-order valence-corrected chi connectivity index (χ0v) is 12.6. The summed E-state index contributed by atoms with van der Waals surface area (Å²) in [4.78, 5) is 38.7. The summed E-state index contributed by atoms with van der Waals surface area (Å²) < 4.78 is 9.97. The number of hydrogen-bond acceptors (Lipinski definition) is 7. The molecule has 0 spiro atoms. The summed E-state index contributed by atoms with van der Waals surface area (Å²) in [5.41, 5.74) is 0.884. The Balaban J connectivity index is 1.77. The van der Waals surface area contributed by atoms with Gasteiger partial charge >= 0.3 is 17.9 Å². The monoisotopic (exact) mass is 329 g/mol. The maximum absolute atomic E-state index is 11.8. The fourth-order valence-corrected chi connectivity index (χ4v) is 1.82. The van der Waals surface area contributed by atoms with Crippen molar-refractivity contribution in [3.63, 3.8) is 0 Å². The molecule has 0 fully saturated rings. The maximum atomic E-state index is 11.8. The summed E-state index contributed by atoms with van der Waals surface area (Å²) in [7, 11) is 0. The van der Waals surface area contributed by atoms with Gasteiger partial charge in [-0.2, -0.15) is 5.90 Å². The molecule has 24 heavy (non-hydrogen) atoms. The van der Waals surface area contributed by atoms with Gasteiger partial charge in [-0.1, -0.05) is 18.2 Å². The third-order valence-corrected chi connectivity index (χ3v) is 3.02. The Hall–Kier alpha value is -3.19. The molecule has 0 radical (unpaired) electrons. The Labute approximate surface area is 137 Å². The van der Waals surface area contributed by atoms with Crippen LogP contribution in [-0.2, 0) is 14.3 Å². The normalized spacial score (nSPS) is 9.88. The largest absolute Gasteiger partial charge is 0.458 e. The molecule has 2 rings (SSSR count). The summed E-state index contributed by atoms with van der Waals surface area (Å²) in [5, 5.41) is 0. The highest BCUT2D eigenvalue weighted by Crippen LogP contribution is 2.07. The van der Waals surface area contributed by atoms with Gasteiger partial charge in [-0.3, -0.25) is 0 Å². The Kier molecular flexibility index (Phi) is 6.04. The number of esters is 2. The van der Waals surface area contributed by atoms with E-state index in [1.54, 1.807) is 30.3 Å². The molecule has 124 valence electrons. The van der Waals surface area contributed by atoms with E-state index in [4.69, 9.17) is 15.4 Å². The summed E-state index contributed by atoms with van der Waals surface area (Å²) in [6, 6.07) is 14.1. The first kappa shape index (κ1) is 17.2. The lowest BCUT2D eigenvalue weighted by molar-refractivity contribution is 0.0265. The topological polar surface area (TPSA) is 105 Å². The van der Waals surface area contributed by atoms with Gasteiger partial charge in [0, 0.05) is 0 Å². The fourth-order valence-electron chi connectivity index (χ4n) is 1.82. The van der Waals surface area contributed by atoms with E-state index in [-0.39, 0.29) is 24.3 Å². The van der Waals surface area contributed by atoms with Gasteiger partial charge in [0.1, 0.15) is 13.2 Å². The van der Waals surface area contributed by atoms with E-state index in [1.165, 1.54) is 24.3 Å². The van der Waals surface area contributed by atoms with Gasteiger partial charge in [0.15, 0.2) is 0 Å². The molecule has 0 atom stereocenters. The van der Waals surface area contributed by atoms with Crippen LogP contribution in [0, 0.1) is 0 Å². The average molecular weight is 329 g/mol. The van der Waals surface area contributed by atoms with Gasteiger partial charge in [0.25, 0.3) is 0 Å². The molecule has 0 aromatic heterocycles. The minimum Gasteiger partial charge on any atom is -0.458 e. The highest BCUT2D eigenvalue weighted by molar-refractivity contribution is 5.93. The van der Waals surface area contributed by atoms with Gasteiger partial charge in [-0.15, -0.1) is 0 Å². The van der Waals surface area contributed by atoms with Crippen molar-refractivity contribution in [1.82, 2.24) is 0 Å². The molecule has 0 bridgehead atoms. The average Bonchev–Trinajstić information content (AvgIpc) is 2.65. The summed E-state index contributed by atoms with van der Waals surface area (Å²) in [6.45, 7) is -0.138. The molecule has 0 saturated heterocycles. The summed E-state index contributed by atoms with van der Waals surface area (Å²) in [5.74, 6) is 2.97. The van der Waals surface area contributed by atoms with Gasteiger partial charge < -0.3 is 14.3 Å². The number of carbonyl (C=O) groups excluding carboxylic acids is 3. The standard InChI is InChI=1S/C17H15NO6/c18-24-17(21)14-8-6-13(7-9-14)16(20)23-11-10-22-15(19)12-4-2-1-3-5-12/h1-9H,10-11,18H2. The number of ether oxygens (including phenoxy) is 2. The van der Waals surface area contributed by atoms with Crippen LogP contribution in [0.1, 0.15) is 31.1 Å². The Morgan fingerprint density at radius 2 is 1.08 bits per heavy atom. The van der Waals surface area contributed by atoms with E-state index in [1.807, 2.05) is 0 Å². The molecule has 0 aliphatic carbocycles. The van der Waals surface area contributed by atoms with Crippen LogP contribution >= 0.6 is 0 Å². The van der Waals surface area contributed by atoms with Crippen molar-refractivity contribution in [1.29, 1.82) is 0 Å². The van der Waals surface area contributed by atoms with E-state index in [0.717, 1.165) is 0 Å². The third-order valence-electron chi connectivity index (χ3n) is 3.02. The van der Waals surface area contributed by atoms with Crippen LogP contribution in [0.2, 0.25) is 0 Å². The van der Waals surface area contributed by atoms with E-state index >= 15 is 0 Å². The second kappa shape index (κ2) is 8.44. The Morgan fingerprint density at radius 3 is 1.54 bits per heavy atom. The molecule has 2 aromatic carbocycles. The molecule has 7 heteroatoms. The lowest BCUT2D eigenvalue weighted by Crippen LogP contribution is -2.14. The first-order valence-corrected chi connectivity index (χ1v) is 7.02. The maximum Gasteiger partial charge on any atom is 0.356 e. The van der Waals surface area contributed by atoms with Crippen molar-refractivity contribution in [3.05, 3.63) is 71.3 Å². The second-order valence-corrected chi connectivity index (χ2v) is 4.62. The van der Waals surface area contributed by atoms with Crippen LogP contribution in [0.3, 0.4) is 0 Å². The second-order valence-electron chi connectivity index (χ2n) is 4.62. The molecule has 0 amide bonds. The molecule has 0 aliphatic rings. The fraction of sp³-hybridized carbons (Fsp3) is 0.118. The van der Waals surface area contributed by atoms with Crippen LogP contribution in [0.4, 0.5) is 0 Å². The van der Waals surface area contributed by atoms with Crippen LogP contribution in [0.15, 0.2) is 54.6 Å². The van der Waals surface area contributed by atoms with E-state index < -0.39 is 17.9 Å². The first-order valence-electron chi connectivity index (χ1n) is 7.02. The van der Waals surface area contributed by atoms with E-state index in [9.17, 15) is 14.4 Å². The zero-order valence-electron chi connectivity index (χ0n) is 12.6. The Morgan fingerprint density at radius 1 is 0.667 bits per heavy atom. The van der Waals surface area contributed by atoms with Crippen LogP contribution < -0.4 is 5.90 Å². The van der Waals surface area contributed by atoms with Crippen molar-refractivity contribution in [2.75, 3.05) is 13.2 Å². The number of hydrogen-bond donors (Lipinski definition) is 1. The zero-order chi connectivity index (χ0) is 17.4. The van der Waals surface area contributed by atoms with Gasteiger partial charge in [-0.05, 0) is 36.4 Å². The minimum absolute atomic E-state index is 0.0585. The van der Waals surface area contributed by atoms with E-state index in [2.05, 4.69) is 4.84 Å². The molecule has 0 heterocycles. The summed E-state index contributed by atoms with van der Waals surface area (Å²) >= 11 is 0. The smallest absolute Gasteiger partial charge is 0.356 e. The van der Waals surface area contributed by atoms with Crippen LogP contribution in [-0.4, -0.2) is 31.1 Å². The van der Waals surface area contributed by atoms with Gasteiger partial charge in [0.2, 0.25) is 0 Å². The molecule has 0 aliphatic heterocycles. The number of rotatable bonds is 6. The molecule has 0 saturated carbocycles. The summed E-state index contributed by atoms with van der Waals surface area (Å²) in [6.07, 6.45) is 0. The van der Waals surface area contributed by atoms with Crippen LogP contribution in [0.25, 0.3) is 0 Å². The SMILES string of the molecule is NOC(=O)c1ccc(C(=O)OCCOC(=O)c2ccccc2)cc1. The highest BCUT2D eigenvalue weighted by Gasteiger charge is 2.11. The minimum atomic E-state index is -0.706. The first-order chi connectivity index (χ1) is 11.6. The Bertz CT molecular complexity index is 712. The molecule has 7 nitrogen and oxygen atoms in total. The molecule has 0 unspecified atom stereocenters. The predicted octanol–water partition coefficient (Wildman–Crippen LogP) is 1.73. The van der Waals surface area contributed by atoms with Crippen molar-refractivity contribution in [2.45, 2.75) is 0 Å². The number of benzene rings is 2. The van der Waals surface area contributed by atoms with Crippen molar-refractivity contribution < 1.29 is 28.7 Å². The van der Waals surface area contributed by atoms with Crippen molar-refractivity contribution in [3.8, 4) is 0 Å². The van der Waals surface area contributed by atoms with Gasteiger partial charge in [-0.25, -0.2) is 14.4 Å². The number of carbonyl (C=O) groups is 3. The molecular formula is C17H15NO6.